The summed E-state index contributed by atoms with van der Waals surface area (Å²) in [6.45, 7) is -1.02. The van der Waals surface area contributed by atoms with E-state index in [1.54, 1.807) is 30.3 Å². The lowest BCUT2D eigenvalue weighted by molar-refractivity contribution is -0.149. The van der Waals surface area contributed by atoms with Crippen LogP contribution in [-0.2, 0) is 19.1 Å². The number of hydrogen-bond donors (Lipinski definition) is 1. The molecule has 0 saturated carbocycles. The van der Waals surface area contributed by atoms with Crippen molar-refractivity contribution in [3.05, 3.63) is 59.7 Å². The van der Waals surface area contributed by atoms with Crippen molar-refractivity contribution in [2.75, 3.05) is 25.6 Å². The third kappa shape index (κ3) is 5.67. The van der Waals surface area contributed by atoms with Gasteiger partial charge in [-0.25, -0.2) is 9.59 Å². The lowest BCUT2D eigenvalue weighted by atomic mass is 10.2. The van der Waals surface area contributed by atoms with Crippen LogP contribution in [0.1, 0.15) is 20.7 Å². The number of esters is 2. The number of aldehydes is 1. The van der Waals surface area contributed by atoms with Gasteiger partial charge in [0, 0.05) is 0 Å². The molecule has 1 amide bonds. The Morgan fingerprint density at radius 1 is 1.00 bits per heavy atom. The van der Waals surface area contributed by atoms with Gasteiger partial charge in [0.25, 0.3) is 5.91 Å². The number of anilines is 1. The summed E-state index contributed by atoms with van der Waals surface area (Å²) >= 11 is 0. The van der Waals surface area contributed by atoms with E-state index < -0.39 is 31.1 Å². The van der Waals surface area contributed by atoms with Gasteiger partial charge in [0.05, 0.1) is 23.9 Å². The van der Waals surface area contributed by atoms with Crippen LogP contribution in [0.4, 0.5) is 5.69 Å². The van der Waals surface area contributed by atoms with Crippen LogP contribution in [0.15, 0.2) is 48.5 Å². The van der Waals surface area contributed by atoms with Crippen LogP contribution >= 0.6 is 0 Å². The van der Waals surface area contributed by atoms with Crippen LogP contribution in [0.25, 0.3) is 0 Å². The summed E-state index contributed by atoms with van der Waals surface area (Å²) in [6.07, 6.45) is 0.604. The normalized spacial score (nSPS) is 9.81. The molecule has 0 aliphatic heterocycles. The van der Waals surface area contributed by atoms with Gasteiger partial charge in [0.1, 0.15) is 5.75 Å². The highest BCUT2D eigenvalue weighted by atomic mass is 16.6. The second-order valence-corrected chi connectivity index (χ2v) is 5.19. The number of ether oxygens (including phenoxy) is 3. The fraction of sp³-hybridized carbons (Fsp3) is 0.158. The van der Waals surface area contributed by atoms with Crippen molar-refractivity contribution < 1.29 is 33.4 Å². The van der Waals surface area contributed by atoms with Gasteiger partial charge in [-0.15, -0.1) is 0 Å². The first-order valence-electron chi connectivity index (χ1n) is 7.85. The minimum atomic E-state index is -0.785. The summed E-state index contributed by atoms with van der Waals surface area (Å²) in [5.74, 6) is -1.79. The van der Waals surface area contributed by atoms with E-state index in [-0.39, 0.29) is 17.0 Å². The number of rotatable bonds is 8. The minimum absolute atomic E-state index is 0.175. The van der Waals surface area contributed by atoms with E-state index in [1.165, 1.54) is 25.3 Å². The summed E-state index contributed by atoms with van der Waals surface area (Å²) in [4.78, 5) is 46.2. The molecule has 0 aromatic heterocycles. The molecule has 27 heavy (non-hydrogen) atoms. The second-order valence-electron chi connectivity index (χ2n) is 5.19. The first-order chi connectivity index (χ1) is 13.0. The van der Waals surface area contributed by atoms with Crippen molar-refractivity contribution in [2.24, 2.45) is 0 Å². The molecule has 0 unspecified atom stereocenters. The molecule has 2 rings (SSSR count). The Bertz CT molecular complexity index is 847. The van der Waals surface area contributed by atoms with E-state index in [1.807, 2.05) is 0 Å². The number of benzene rings is 2. The second kappa shape index (κ2) is 9.71. The monoisotopic (exact) mass is 371 g/mol. The lowest BCUT2D eigenvalue weighted by Gasteiger charge is -2.10. The van der Waals surface area contributed by atoms with Gasteiger partial charge in [0.2, 0.25) is 0 Å². The van der Waals surface area contributed by atoms with Crippen molar-refractivity contribution in [2.45, 2.75) is 0 Å². The molecule has 0 heterocycles. The maximum Gasteiger partial charge on any atom is 0.344 e. The Morgan fingerprint density at radius 3 is 2.44 bits per heavy atom. The van der Waals surface area contributed by atoms with Crippen molar-refractivity contribution in [3.63, 3.8) is 0 Å². The summed E-state index contributed by atoms with van der Waals surface area (Å²) in [7, 11) is 1.23. The highest BCUT2D eigenvalue weighted by Gasteiger charge is 2.15. The van der Waals surface area contributed by atoms with E-state index in [0.29, 0.717) is 11.8 Å². The average molecular weight is 371 g/mol. The fourth-order valence-corrected chi connectivity index (χ4v) is 2.10. The van der Waals surface area contributed by atoms with Crippen LogP contribution in [0.5, 0.6) is 5.75 Å². The van der Waals surface area contributed by atoms with Crippen LogP contribution in [0.2, 0.25) is 0 Å². The van der Waals surface area contributed by atoms with Crippen LogP contribution in [-0.4, -0.2) is 44.5 Å². The third-order valence-corrected chi connectivity index (χ3v) is 3.36. The largest absolute Gasteiger partial charge is 0.481 e. The molecule has 8 nitrogen and oxygen atoms in total. The molecule has 0 saturated heterocycles. The third-order valence-electron chi connectivity index (χ3n) is 3.36. The predicted octanol–water partition coefficient (Wildman–Crippen LogP) is 1.85. The number of para-hydroxylation sites is 2. The van der Waals surface area contributed by atoms with Crippen LogP contribution in [0.3, 0.4) is 0 Å². The highest BCUT2D eigenvalue weighted by Crippen LogP contribution is 2.16. The molecule has 0 radical (unpaired) electrons. The molecule has 0 atom stereocenters. The molecule has 2 aromatic carbocycles. The van der Waals surface area contributed by atoms with Crippen molar-refractivity contribution >= 4 is 29.8 Å². The van der Waals surface area contributed by atoms with Crippen molar-refractivity contribution in [3.8, 4) is 5.75 Å². The SMILES string of the molecule is COC(=O)c1ccccc1NC(=O)COC(=O)COc1ccccc1C=O. The Morgan fingerprint density at radius 2 is 1.70 bits per heavy atom. The van der Waals surface area contributed by atoms with Crippen LogP contribution < -0.4 is 10.1 Å². The summed E-state index contributed by atoms with van der Waals surface area (Å²) in [5.41, 5.74) is 0.706. The topological polar surface area (TPSA) is 108 Å². The summed E-state index contributed by atoms with van der Waals surface area (Å²) in [5, 5.41) is 2.47. The highest BCUT2D eigenvalue weighted by molar-refractivity contribution is 6.01. The van der Waals surface area contributed by atoms with Gasteiger partial charge in [-0.2, -0.15) is 0 Å². The molecule has 140 valence electrons. The standard InChI is InChI=1S/C19H17NO7/c1-25-19(24)14-7-3-4-8-15(14)20-17(22)11-27-18(23)12-26-16-9-5-2-6-13(16)10-21/h2-10H,11-12H2,1H3,(H,20,22). The van der Waals surface area contributed by atoms with Gasteiger partial charge in [-0.3, -0.25) is 9.59 Å². The maximum atomic E-state index is 11.9. The zero-order valence-corrected chi connectivity index (χ0v) is 14.5. The number of carbonyl (C=O) groups is 4. The smallest absolute Gasteiger partial charge is 0.344 e. The Labute approximate surface area is 155 Å². The zero-order chi connectivity index (χ0) is 19.6. The molecule has 1 N–H and O–H groups in total. The summed E-state index contributed by atoms with van der Waals surface area (Å²) < 4.78 is 14.7. The Hall–Kier alpha value is -3.68. The zero-order valence-electron chi connectivity index (χ0n) is 14.5. The van der Waals surface area contributed by atoms with Crippen molar-refractivity contribution in [1.29, 1.82) is 0 Å². The number of hydrogen-bond acceptors (Lipinski definition) is 7. The number of carbonyl (C=O) groups excluding carboxylic acids is 4. The molecular formula is C19H17NO7. The van der Waals surface area contributed by atoms with E-state index in [2.05, 4.69) is 10.1 Å². The van der Waals surface area contributed by atoms with E-state index in [0.717, 1.165) is 0 Å². The first kappa shape index (κ1) is 19.6. The van der Waals surface area contributed by atoms with E-state index in [4.69, 9.17) is 9.47 Å². The van der Waals surface area contributed by atoms with Crippen molar-refractivity contribution in [1.82, 2.24) is 0 Å². The van der Waals surface area contributed by atoms with Crippen LogP contribution in [0, 0.1) is 0 Å². The van der Waals surface area contributed by atoms with E-state index in [9.17, 15) is 19.2 Å². The molecule has 0 fully saturated rings. The number of nitrogens with one attached hydrogen (secondary N) is 1. The van der Waals surface area contributed by atoms with Gasteiger partial charge in [-0.05, 0) is 24.3 Å². The molecular weight excluding hydrogens is 354 g/mol. The predicted molar refractivity (Wildman–Crippen MR) is 94.7 cm³/mol. The van der Waals surface area contributed by atoms with Gasteiger partial charge in [0.15, 0.2) is 19.5 Å². The molecule has 0 aliphatic carbocycles. The molecule has 0 spiro atoms. The molecule has 2 aromatic rings. The molecule has 0 bridgehead atoms. The maximum absolute atomic E-state index is 11.9. The van der Waals surface area contributed by atoms with Gasteiger partial charge < -0.3 is 19.5 Å². The van der Waals surface area contributed by atoms with E-state index >= 15 is 0 Å². The quantitative estimate of drug-likeness (QED) is 0.557. The summed E-state index contributed by atoms with van der Waals surface area (Å²) in [6, 6.07) is 12.7. The number of amides is 1. The first-order valence-corrected chi connectivity index (χ1v) is 7.85. The lowest BCUT2D eigenvalue weighted by Crippen LogP contribution is -2.24. The number of methoxy groups -OCH3 is 1. The minimum Gasteiger partial charge on any atom is -0.481 e. The fourth-order valence-electron chi connectivity index (χ4n) is 2.10. The van der Waals surface area contributed by atoms with Gasteiger partial charge in [-0.1, -0.05) is 24.3 Å². The Balaban J connectivity index is 1.84. The average Bonchev–Trinajstić information content (AvgIpc) is 2.70. The van der Waals surface area contributed by atoms with Gasteiger partial charge >= 0.3 is 11.9 Å². The molecule has 8 heteroatoms. The Kier molecular flexibility index (Phi) is 7.07. The molecule has 0 aliphatic rings.